The Labute approximate surface area is 475 Å². The van der Waals surface area contributed by atoms with Gasteiger partial charge in [-0.05, 0) is 137 Å². The highest BCUT2D eigenvalue weighted by Gasteiger charge is 2.37. The molecule has 0 amide bonds. The third-order valence-corrected chi connectivity index (χ3v) is 15.4. The van der Waals surface area contributed by atoms with Crippen molar-refractivity contribution in [1.29, 1.82) is 0 Å². The average molecular weight is 1090 g/mol. The largest absolute Gasteiger partial charge is 0.508 e. The van der Waals surface area contributed by atoms with E-state index < -0.39 is 0 Å². The molecule has 0 saturated heterocycles. The van der Waals surface area contributed by atoms with Gasteiger partial charge in [-0.1, -0.05) is 109 Å². The summed E-state index contributed by atoms with van der Waals surface area (Å²) in [6.07, 6.45) is 0. The fraction of sp³-hybridized carbons (Fsp3) is 0.143. The van der Waals surface area contributed by atoms with E-state index >= 15 is 0 Å². The summed E-state index contributed by atoms with van der Waals surface area (Å²) in [6, 6.07) is 71.3. The minimum Gasteiger partial charge on any atom is -0.508 e. The Morgan fingerprint density at radius 1 is 0.329 bits per heavy atom. The zero-order valence-electron chi connectivity index (χ0n) is 44.8. The van der Waals surface area contributed by atoms with Crippen molar-refractivity contribution in [2.45, 2.75) is 35.5 Å². The maximum Gasteiger partial charge on any atom is 0.127 e. The number of nitrogens with two attached hydrogens (primary N) is 1. The molecule has 3 aliphatic heterocycles. The van der Waals surface area contributed by atoms with Gasteiger partial charge in [-0.15, -0.1) is 0 Å². The number of para-hydroxylation sites is 1. The lowest BCUT2D eigenvalue weighted by atomic mass is 9.76. The second-order valence-corrected chi connectivity index (χ2v) is 20.6. The van der Waals surface area contributed by atoms with Gasteiger partial charge < -0.3 is 60.1 Å². The van der Waals surface area contributed by atoms with E-state index in [1.807, 2.05) is 133 Å². The first-order valence-corrected chi connectivity index (χ1v) is 27.0. The molecule has 82 heavy (non-hydrogen) atoms. The SMILES string of the molecule is COc1cccc(C2c3ccc(O)cc3OCC2c2ccc(O)cc2)c1.Nc1cccc(C2c3ccc(O)cc3OCC2c2ccc(O)cc2)c1.Oc1ccc(C2COc3cc(O)ccc3C2c2ccc(Oc3ccccc3)cc2)cc1. The van der Waals surface area contributed by atoms with Crippen molar-refractivity contribution >= 4 is 5.69 Å². The third-order valence-electron chi connectivity index (χ3n) is 15.4. The Bertz CT molecular complexity index is 3780. The van der Waals surface area contributed by atoms with E-state index in [0.29, 0.717) is 42.8 Å². The second-order valence-electron chi connectivity index (χ2n) is 20.6. The number of benzene rings is 10. The number of phenolic OH excluding ortho intramolecular Hbond substituents is 6. The number of anilines is 1. The predicted molar refractivity (Wildman–Crippen MR) is 316 cm³/mol. The lowest BCUT2D eigenvalue weighted by Gasteiger charge is -2.34. The van der Waals surface area contributed by atoms with Gasteiger partial charge in [0.1, 0.15) is 69.0 Å². The highest BCUT2D eigenvalue weighted by molar-refractivity contribution is 5.56. The molecule has 0 saturated carbocycles. The van der Waals surface area contributed by atoms with Crippen molar-refractivity contribution in [2.24, 2.45) is 0 Å². The molecule has 0 bridgehead atoms. The summed E-state index contributed by atoms with van der Waals surface area (Å²) in [5.41, 5.74) is 16.4. The van der Waals surface area contributed by atoms with Gasteiger partial charge in [0.2, 0.25) is 0 Å². The molecule has 12 heteroatoms. The summed E-state index contributed by atoms with van der Waals surface area (Å²) in [4.78, 5) is 0. The zero-order chi connectivity index (χ0) is 56.7. The minimum absolute atomic E-state index is 0.0414. The number of methoxy groups -OCH3 is 1. The van der Waals surface area contributed by atoms with Crippen LogP contribution in [0.5, 0.6) is 69.0 Å². The maximum absolute atomic E-state index is 9.91. The molecule has 3 heterocycles. The highest BCUT2D eigenvalue weighted by atomic mass is 16.5. The molecule has 12 nitrogen and oxygen atoms in total. The van der Waals surface area contributed by atoms with E-state index in [9.17, 15) is 30.6 Å². The van der Waals surface area contributed by atoms with E-state index in [1.54, 1.807) is 79.9 Å². The number of hydrogen-bond donors (Lipinski definition) is 7. The van der Waals surface area contributed by atoms with Crippen molar-refractivity contribution in [3.05, 3.63) is 281 Å². The van der Waals surface area contributed by atoms with Crippen LogP contribution >= 0.6 is 0 Å². The first-order valence-electron chi connectivity index (χ1n) is 27.0. The van der Waals surface area contributed by atoms with Gasteiger partial charge in [-0.3, -0.25) is 0 Å². The van der Waals surface area contributed by atoms with Crippen LogP contribution in [-0.2, 0) is 0 Å². The molecule has 10 aromatic carbocycles. The number of aromatic hydroxyl groups is 6. The van der Waals surface area contributed by atoms with Crippen LogP contribution in [0.15, 0.2) is 231 Å². The van der Waals surface area contributed by atoms with E-state index in [-0.39, 0.29) is 70.0 Å². The van der Waals surface area contributed by atoms with E-state index in [0.717, 1.165) is 67.3 Å². The summed E-state index contributed by atoms with van der Waals surface area (Å²) in [5.74, 6) is 6.15. The van der Waals surface area contributed by atoms with Crippen LogP contribution in [0.2, 0.25) is 0 Å². The van der Waals surface area contributed by atoms with Gasteiger partial charge in [-0.25, -0.2) is 0 Å². The van der Waals surface area contributed by atoms with Crippen LogP contribution in [0.25, 0.3) is 0 Å². The topological polar surface area (TPSA) is 194 Å². The summed E-state index contributed by atoms with van der Waals surface area (Å²) in [7, 11) is 1.66. The minimum atomic E-state index is 0.0414. The van der Waals surface area contributed by atoms with Gasteiger partial charge in [0.05, 0.1) is 26.9 Å². The van der Waals surface area contributed by atoms with E-state index in [2.05, 4.69) is 24.3 Å². The number of phenols is 6. The Morgan fingerprint density at radius 2 is 0.683 bits per heavy atom. The smallest absolute Gasteiger partial charge is 0.127 e. The molecule has 412 valence electrons. The molecule has 13 rings (SSSR count). The molecular formula is C70H61NO11. The van der Waals surface area contributed by atoms with Crippen molar-refractivity contribution in [3.63, 3.8) is 0 Å². The van der Waals surface area contributed by atoms with Gasteiger partial charge in [0, 0.05) is 76.1 Å². The summed E-state index contributed by atoms with van der Waals surface area (Å²) in [6.45, 7) is 1.46. The molecule has 3 aliphatic rings. The monoisotopic (exact) mass is 1090 g/mol. The Balaban J connectivity index is 0.000000130. The molecule has 0 aliphatic carbocycles. The van der Waals surface area contributed by atoms with Crippen molar-refractivity contribution in [2.75, 3.05) is 32.7 Å². The van der Waals surface area contributed by atoms with Crippen LogP contribution < -0.4 is 29.4 Å². The Morgan fingerprint density at radius 3 is 1.10 bits per heavy atom. The highest BCUT2D eigenvalue weighted by Crippen LogP contribution is 2.50. The van der Waals surface area contributed by atoms with Gasteiger partial charge in [0.15, 0.2) is 0 Å². The fourth-order valence-corrected chi connectivity index (χ4v) is 11.4. The molecular weight excluding hydrogens is 1030 g/mol. The third kappa shape index (κ3) is 12.0. The van der Waals surface area contributed by atoms with Gasteiger partial charge in [-0.2, -0.15) is 0 Å². The van der Waals surface area contributed by atoms with Gasteiger partial charge in [0.25, 0.3) is 0 Å². The van der Waals surface area contributed by atoms with Crippen LogP contribution in [0, 0.1) is 0 Å². The quantitative estimate of drug-likeness (QED) is 0.0678. The Hall–Kier alpha value is -10.2. The van der Waals surface area contributed by atoms with Crippen LogP contribution in [0.3, 0.4) is 0 Å². The summed E-state index contributed by atoms with van der Waals surface area (Å²) in [5, 5.41) is 58.4. The number of nitrogen functional groups attached to an aromatic ring is 1. The lowest BCUT2D eigenvalue weighted by Crippen LogP contribution is -2.25. The van der Waals surface area contributed by atoms with Crippen LogP contribution in [0.1, 0.15) is 85.6 Å². The molecule has 0 aromatic heterocycles. The number of ether oxygens (including phenoxy) is 5. The number of hydrogen-bond acceptors (Lipinski definition) is 12. The molecule has 6 atom stereocenters. The Kier molecular flexibility index (Phi) is 15.8. The summed E-state index contributed by atoms with van der Waals surface area (Å²) < 4.78 is 29.2. The van der Waals surface area contributed by atoms with Crippen LogP contribution in [0.4, 0.5) is 5.69 Å². The standard InChI is InChI=1S/C27H22O4.C22H20O4.C21H19NO3/c28-20-10-6-18(7-11-20)25-17-30-26-16-21(29)12-15-24(26)27(25)19-8-13-23(14-9-19)31-22-4-2-1-3-5-22;1-25-18-4-2-3-15(11-18)22-19-10-9-17(24)12-21(19)26-13-20(22)14-5-7-16(23)8-6-14;22-15-3-1-2-14(10-15)21-18-9-8-17(24)11-20(18)25-12-19(21)13-4-6-16(23)7-5-13/h1-16,25,27-29H,17H2;2-12,20,22-24H,13H2,1H3;1-11,19,21,23-24H,12,22H2. The molecule has 8 N–H and O–H groups in total. The van der Waals surface area contributed by atoms with Crippen molar-refractivity contribution in [1.82, 2.24) is 0 Å². The predicted octanol–water partition coefficient (Wildman–Crippen LogP) is 14.6. The normalized spacial score (nSPS) is 18.3. The number of fused-ring (bicyclic) bond motifs is 3. The van der Waals surface area contributed by atoms with E-state index in [4.69, 9.17) is 29.4 Å². The second kappa shape index (κ2) is 24.0. The van der Waals surface area contributed by atoms with Crippen molar-refractivity contribution < 1.29 is 54.3 Å². The average Bonchev–Trinajstić information content (AvgIpc) is 3.70. The van der Waals surface area contributed by atoms with Gasteiger partial charge >= 0.3 is 0 Å². The first-order chi connectivity index (χ1) is 39.9. The first kappa shape index (κ1) is 53.8. The number of rotatable bonds is 9. The fourth-order valence-electron chi connectivity index (χ4n) is 11.4. The molecule has 0 spiro atoms. The van der Waals surface area contributed by atoms with E-state index in [1.165, 1.54) is 0 Å². The lowest BCUT2D eigenvalue weighted by molar-refractivity contribution is 0.247. The molecule has 10 aromatic rings. The molecule has 0 fully saturated rings. The zero-order valence-corrected chi connectivity index (χ0v) is 44.8. The molecule has 0 radical (unpaired) electrons. The van der Waals surface area contributed by atoms with Crippen molar-refractivity contribution in [3.8, 4) is 69.0 Å². The van der Waals surface area contributed by atoms with Crippen LogP contribution in [-0.4, -0.2) is 57.6 Å². The maximum atomic E-state index is 9.91. The summed E-state index contributed by atoms with van der Waals surface area (Å²) >= 11 is 0. The molecule has 6 unspecified atom stereocenters.